The van der Waals surface area contributed by atoms with Gasteiger partial charge in [-0.05, 0) is 97.7 Å². The van der Waals surface area contributed by atoms with Crippen molar-refractivity contribution in [1.29, 1.82) is 0 Å². The van der Waals surface area contributed by atoms with E-state index in [4.69, 9.17) is 4.74 Å². The van der Waals surface area contributed by atoms with Crippen LogP contribution >= 0.6 is 0 Å². The Bertz CT molecular complexity index is 955. The lowest BCUT2D eigenvalue weighted by atomic mass is 9.64. The molecule has 0 radical (unpaired) electrons. The van der Waals surface area contributed by atoms with E-state index in [1.807, 2.05) is 0 Å². The molecule has 0 aromatic heterocycles. The first kappa shape index (κ1) is 22.6. The minimum absolute atomic E-state index is 0.0406. The fourth-order valence-electron chi connectivity index (χ4n) is 5.27. The zero-order valence-corrected chi connectivity index (χ0v) is 17.8. The second kappa shape index (κ2) is 9.12. The van der Waals surface area contributed by atoms with Gasteiger partial charge in [0.15, 0.2) is 0 Å². The van der Waals surface area contributed by atoms with Crippen molar-refractivity contribution in [2.24, 2.45) is 17.8 Å². The van der Waals surface area contributed by atoms with Crippen LogP contribution in [0.5, 0.6) is 11.5 Å². The highest BCUT2D eigenvalue weighted by Crippen LogP contribution is 2.47. The Labute approximate surface area is 184 Å². The standard InChI is InChI=1S/C25H26F4O3/c1-15-2-3-17-13-18(5-4-16(17)12-15)22-11-6-19(14-23(22)26)24(30)31-20-7-9-21(10-8-20)32-25(27,28)29/h6-11,14-18H,2-5,12-13H2,1H3. The molecule has 0 aliphatic heterocycles. The Kier molecular flexibility index (Phi) is 6.45. The fourth-order valence-corrected chi connectivity index (χ4v) is 5.27. The summed E-state index contributed by atoms with van der Waals surface area (Å²) in [5.74, 6) is 0.775. The van der Waals surface area contributed by atoms with Crippen LogP contribution in [0.15, 0.2) is 42.5 Å². The summed E-state index contributed by atoms with van der Waals surface area (Å²) in [5.41, 5.74) is 0.703. The minimum Gasteiger partial charge on any atom is -0.423 e. The Morgan fingerprint density at radius 1 is 0.906 bits per heavy atom. The average molecular weight is 450 g/mol. The van der Waals surface area contributed by atoms with Gasteiger partial charge in [-0.1, -0.05) is 19.4 Å². The number of esters is 1. The third-order valence-corrected chi connectivity index (χ3v) is 6.82. The molecule has 0 saturated heterocycles. The largest absolute Gasteiger partial charge is 0.573 e. The third-order valence-electron chi connectivity index (χ3n) is 6.82. The molecular formula is C25H26F4O3. The normalized spacial score (nSPS) is 25.7. The summed E-state index contributed by atoms with van der Waals surface area (Å²) >= 11 is 0. The molecular weight excluding hydrogens is 424 g/mol. The van der Waals surface area contributed by atoms with E-state index < -0.39 is 23.9 Å². The number of hydrogen-bond acceptors (Lipinski definition) is 3. The lowest BCUT2D eigenvalue weighted by Crippen LogP contribution is -2.30. The average Bonchev–Trinajstić information content (AvgIpc) is 2.73. The van der Waals surface area contributed by atoms with Crippen LogP contribution in [0.3, 0.4) is 0 Å². The predicted molar refractivity (Wildman–Crippen MR) is 111 cm³/mol. The first-order chi connectivity index (χ1) is 15.2. The molecule has 4 atom stereocenters. The van der Waals surface area contributed by atoms with E-state index in [9.17, 15) is 22.4 Å². The number of halogens is 4. The summed E-state index contributed by atoms with van der Waals surface area (Å²) in [6, 6.07) is 8.87. The van der Waals surface area contributed by atoms with Gasteiger partial charge in [0.1, 0.15) is 17.3 Å². The number of hydrogen-bond donors (Lipinski definition) is 0. The molecule has 3 nitrogen and oxygen atoms in total. The van der Waals surface area contributed by atoms with Crippen molar-refractivity contribution < 1.29 is 31.8 Å². The maximum Gasteiger partial charge on any atom is 0.573 e. The van der Waals surface area contributed by atoms with Gasteiger partial charge in [-0.3, -0.25) is 0 Å². The van der Waals surface area contributed by atoms with Gasteiger partial charge in [-0.15, -0.1) is 13.2 Å². The molecule has 0 amide bonds. The highest BCUT2D eigenvalue weighted by molar-refractivity contribution is 5.91. The molecule has 0 N–H and O–H groups in total. The smallest absolute Gasteiger partial charge is 0.423 e. The SMILES string of the molecule is CC1CCC2CC(c3ccc(C(=O)Oc4ccc(OC(F)(F)F)cc4)cc3F)CCC2C1. The van der Waals surface area contributed by atoms with Gasteiger partial charge in [0, 0.05) is 0 Å². The van der Waals surface area contributed by atoms with E-state index in [-0.39, 0.29) is 17.2 Å². The van der Waals surface area contributed by atoms with Crippen LogP contribution in [-0.2, 0) is 0 Å². The fraction of sp³-hybridized carbons (Fsp3) is 0.480. The Balaban J connectivity index is 1.39. The van der Waals surface area contributed by atoms with Crippen LogP contribution in [-0.4, -0.2) is 12.3 Å². The maximum atomic E-state index is 14.9. The van der Waals surface area contributed by atoms with E-state index in [2.05, 4.69) is 11.7 Å². The van der Waals surface area contributed by atoms with Crippen LogP contribution in [0, 0.1) is 23.6 Å². The molecule has 0 bridgehead atoms. The maximum absolute atomic E-state index is 14.9. The van der Waals surface area contributed by atoms with Crippen molar-refractivity contribution in [2.75, 3.05) is 0 Å². The van der Waals surface area contributed by atoms with Crippen LogP contribution in [0.25, 0.3) is 0 Å². The van der Waals surface area contributed by atoms with Gasteiger partial charge >= 0.3 is 12.3 Å². The zero-order chi connectivity index (χ0) is 22.9. The topological polar surface area (TPSA) is 35.5 Å². The highest BCUT2D eigenvalue weighted by Gasteiger charge is 2.35. The first-order valence-corrected chi connectivity index (χ1v) is 11.1. The van der Waals surface area contributed by atoms with Crippen molar-refractivity contribution in [3.05, 3.63) is 59.4 Å². The van der Waals surface area contributed by atoms with Gasteiger partial charge in [0.25, 0.3) is 0 Å². The molecule has 32 heavy (non-hydrogen) atoms. The zero-order valence-electron chi connectivity index (χ0n) is 17.8. The molecule has 4 unspecified atom stereocenters. The van der Waals surface area contributed by atoms with E-state index in [1.165, 1.54) is 37.5 Å². The molecule has 2 aromatic carbocycles. The lowest BCUT2D eigenvalue weighted by molar-refractivity contribution is -0.274. The summed E-state index contributed by atoms with van der Waals surface area (Å²) in [6.07, 6.45) is 1.99. The van der Waals surface area contributed by atoms with Gasteiger partial charge in [-0.25, -0.2) is 9.18 Å². The Hall–Kier alpha value is -2.57. The number of fused-ring (bicyclic) bond motifs is 1. The number of alkyl halides is 3. The highest BCUT2D eigenvalue weighted by atomic mass is 19.4. The molecule has 172 valence electrons. The van der Waals surface area contributed by atoms with E-state index in [0.29, 0.717) is 11.5 Å². The molecule has 2 aliphatic rings. The quantitative estimate of drug-likeness (QED) is 0.279. The summed E-state index contributed by atoms with van der Waals surface area (Å²) in [7, 11) is 0. The summed E-state index contributed by atoms with van der Waals surface area (Å²) < 4.78 is 60.5. The molecule has 4 rings (SSSR count). The number of benzene rings is 2. The van der Waals surface area contributed by atoms with Crippen molar-refractivity contribution in [3.8, 4) is 11.5 Å². The summed E-state index contributed by atoms with van der Waals surface area (Å²) in [6.45, 7) is 2.31. The number of ether oxygens (including phenoxy) is 2. The Morgan fingerprint density at radius 3 is 2.25 bits per heavy atom. The monoisotopic (exact) mass is 450 g/mol. The Morgan fingerprint density at radius 2 is 1.56 bits per heavy atom. The summed E-state index contributed by atoms with van der Waals surface area (Å²) in [5, 5.41) is 0. The third kappa shape index (κ3) is 5.43. The molecule has 2 fully saturated rings. The lowest BCUT2D eigenvalue weighted by Gasteiger charge is -2.41. The van der Waals surface area contributed by atoms with Gasteiger partial charge in [0.2, 0.25) is 0 Å². The molecule has 2 saturated carbocycles. The minimum atomic E-state index is -4.80. The molecule has 2 aliphatic carbocycles. The van der Waals surface area contributed by atoms with Crippen molar-refractivity contribution in [3.63, 3.8) is 0 Å². The predicted octanol–water partition coefficient (Wildman–Crippen LogP) is 7.26. The van der Waals surface area contributed by atoms with Crippen LogP contribution in [0.4, 0.5) is 17.6 Å². The van der Waals surface area contributed by atoms with Crippen molar-refractivity contribution in [2.45, 2.75) is 57.7 Å². The summed E-state index contributed by atoms with van der Waals surface area (Å²) in [4.78, 5) is 12.4. The molecule has 7 heteroatoms. The second-order valence-corrected chi connectivity index (χ2v) is 9.09. The number of rotatable bonds is 4. The molecule has 0 spiro atoms. The molecule has 0 heterocycles. The number of carbonyl (C=O) groups excluding carboxylic acids is 1. The van der Waals surface area contributed by atoms with Gasteiger partial charge in [-0.2, -0.15) is 0 Å². The van der Waals surface area contributed by atoms with E-state index >= 15 is 0 Å². The van der Waals surface area contributed by atoms with Crippen LogP contribution < -0.4 is 9.47 Å². The van der Waals surface area contributed by atoms with Gasteiger partial charge < -0.3 is 9.47 Å². The van der Waals surface area contributed by atoms with E-state index in [1.54, 1.807) is 12.1 Å². The van der Waals surface area contributed by atoms with Gasteiger partial charge in [0.05, 0.1) is 5.56 Å². The number of carbonyl (C=O) groups is 1. The van der Waals surface area contributed by atoms with Crippen LogP contribution in [0.1, 0.15) is 67.3 Å². The first-order valence-electron chi connectivity index (χ1n) is 11.1. The van der Waals surface area contributed by atoms with E-state index in [0.717, 1.165) is 43.2 Å². The second-order valence-electron chi connectivity index (χ2n) is 9.09. The molecule has 2 aromatic rings. The van der Waals surface area contributed by atoms with Crippen molar-refractivity contribution >= 4 is 5.97 Å². The van der Waals surface area contributed by atoms with Crippen molar-refractivity contribution in [1.82, 2.24) is 0 Å². The van der Waals surface area contributed by atoms with Crippen LogP contribution in [0.2, 0.25) is 0 Å².